The van der Waals surface area contributed by atoms with Crippen LogP contribution < -0.4 is 45.9 Å². The fraction of sp³-hybridized carbons (Fsp3) is 1.00. The Labute approximate surface area is 597 Å². The SMILES string of the molecule is Cl.Cl.Cl.Cl.Cl.Cl.Cl.Cl.NC[C@H]1O[C@@H]2O[C@H]3[C@H](O)[C@@H](O)[C@@H](O[C@H]4[C@H](O)[C@@H](O)[C@@H](O[C@H]5[C@H](O)[C@@H](O)[C@@H](O[C@H]6[C@H](O)[C@@H](O)[C@@H](O[C@H]7[C@H](O)[C@@H](O)[C@@H](O[C@H]8[C@H](O)[C@@H](O)[C@@H](O[C@H]9[C@H](O)[C@@H](O)[C@@H](O[C@H]1[C@H](O)[C@H]2O)O[C@@H]9CN)O[C@@H]8CN)O[C@@H]7CN)O[C@@H]6CN)O[C@@H]5CN)O[C@@H]4CN)O[C@@H]3CN. The first-order valence-electron chi connectivity index (χ1n) is 28.9. The van der Waals surface area contributed by atoms with E-state index in [2.05, 4.69) is 0 Å². The Morgan fingerprint density at radius 1 is 0.146 bits per heavy atom. The highest BCUT2D eigenvalue weighted by atomic mass is 35.5. The zero-order valence-corrected chi connectivity index (χ0v) is 56.9. The van der Waals surface area contributed by atoms with E-state index in [1.165, 1.54) is 0 Å². The van der Waals surface area contributed by atoms with Crippen LogP contribution in [0.1, 0.15) is 0 Å². The highest BCUT2D eigenvalue weighted by Gasteiger charge is 2.60. The Morgan fingerprint density at radius 2 is 0.229 bits per heavy atom. The summed E-state index contributed by atoms with van der Waals surface area (Å²) in [5.74, 6) is 0. The number of aliphatic hydroxyl groups is 16. The summed E-state index contributed by atoms with van der Waals surface area (Å²) in [7, 11) is 0. The summed E-state index contributed by atoms with van der Waals surface area (Å²) in [6.07, 6.45) is -73.2. The van der Waals surface area contributed by atoms with Crippen LogP contribution in [0.25, 0.3) is 0 Å². The zero-order valence-electron chi connectivity index (χ0n) is 50.3. The third kappa shape index (κ3) is 19.1. The molecule has 0 spiro atoms. The number of aliphatic hydroxyl groups excluding tert-OH is 16. The third-order valence-corrected chi connectivity index (χ3v) is 17.3. The fourth-order valence-electron chi connectivity index (χ4n) is 12.2. The van der Waals surface area contributed by atoms with Crippen LogP contribution in [-0.2, 0) is 75.8 Å². The van der Waals surface area contributed by atoms with Crippen LogP contribution in [0.3, 0.4) is 0 Å². The van der Waals surface area contributed by atoms with Crippen LogP contribution in [0.15, 0.2) is 0 Å². The van der Waals surface area contributed by atoms with Crippen molar-refractivity contribution in [2.24, 2.45) is 45.9 Å². The van der Waals surface area contributed by atoms with Gasteiger partial charge in [0, 0.05) is 52.4 Å². The minimum Gasteiger partial charge on any atom is -0.387 e. The second-order valence-electron chi connectivity index (χ2n) is 22.9. The Morgan fingerprint density at radius 3 is 0.302 bits per heavy atom. The van der Waals surface area contributed by atoms with Gasteiger partial charge in [-0.1, -0.05) is 0 Å². The van der Waals surface area contributed by atoms with Gasteiger partial charge in [0.2, 0.25) is 0 Å². The Kier molecular flexibility index (Phi) is 40.5. The first kappa shape index (κ1) is 94.7. The van der Waals surface area contributed by atoms with Gasteiger partial charge in [0.15, 0.2) is 50.3 Å². The van der Waals surface area contributed by atoms with Crippen molar-refractivity contribution >= 4 is 99.3 Å². The van der Waals surface area contributed by atoms with Gasteiger partial charge in [0.05, 0.1) is 0 Å². The maximum atomic E-state index is 11.5. The first-order valence-corrected chi connectivity index (χ1v) is 28.9. The molecular weight excluding hydrogens is 1480 g/mol. The molecule has 30 fully saturated rings. The third-order valence-electron chi connectivity index (χ3n) is 17.3. The predicted octanol–water partition coefficient (Wildman–Crippen LogP) is -14.3. The van der Waals surface area contributed by atoms with Crippen molar-refractivity contribution in [3.63, 3.8) is 0 Å². The topological polar surface area (TPSA) is 680 Å². The van der Waals surface area contributed by atoms with Gasteiger partial charge in [0.1, 0.15) is 195 Å². The van der Waals surface area contributed by atoms with E-state index in [0.717, 1.165) is 0 Å². The van der Waals surface area contributed by atoms with Crippen molar-refractivity contribution in [1.82, 2.24) is 0 Å². The number of hydrogen-bond donors (Lipinski definition) is 24. The van der Waals surface area contributed by atoms with E-state index < -0.39 is 298 Å². The molecule has 48 heteroatoms. The first-order chi connectivity index (χ1) is 41.9. The maximum absolute atomic E-state index is 11.5. The van der Waals surface area contributed by atoms with Gasteiger partial charge in [-0.05, 0) is 0 Å². The van der Waals surface area contributed by atoms with Crippen molar-refractivity contribution in [3.05, 3.63) is 0 Å². The van der Waals surface area contributed by atoms with Gasteiger partial charge in [-0.15, -0.1) is 99.3 Å². The molecule has 0 radical (unpaired) electrons. The number of rotatable bonds is 8. The summed E-state index contributed by atoms with van der Waals surface area (Å²) in [5.41, 5.74) is 48.3. The molecule has 0 aliphatic carbocycles. The molecule has 0 saturated carbocycles. The highest BCUT2D eigenvalue weighted by molar-refractivity contribution is 5.86. The number of hydrogen-bond acceptors (Lipinski definition) is 40. The molecule has 0 amide bonds. The molecule has 30 aliphatic heterocycles. The zero-order chi connectivity index (χ0) is 64.1. The minimum absolute atomic E-state index is 0. The minimum atomic E-state index is -2.09. The van der Waals surface area contributed by atoms with E-state index in [0.29, 0.717) is 0 Å². The lowest BCUT2D eigenvalue weighted by Crippen LogP contribution is -2.69. The van der Waals surface area contributed by atoms with Gasteiger partial charge >= 0.3 is 0 Å². The van der Waals surface area contributed by atoms with Crippen LogP contribution in [0.5, 0.6) is 0 Å². The largest absolute Gasteiger partial charge is 0.387 e. The summed E-state index contributed by atoms with van der Waals surface area (Å²) in [6, 6.07) is 0. The number of halogens is 8. The Balaban J connectivity index is 0.00000576. The second kappa shape index (κ2) is 41.0. The van der Waals surface area contributed by atoms with Crippen molar-refractivity contribution < 1.29 is 157 Å². The molecule has 30 aliphatic rings. The molecule has 30 saturated heterocycles. The van der Waals surface area contributed by atoms with Crippen LogP contribution in [-0.4, -0.2) is 380 Å². The molecule has 16 bridgehead atoms. The maximum Gasteiger partial charge on any atom is 0.187 e. The smallest absolute Gasteiger partial charge is 0.187 e. The molecule has 40 atom stereocenters. The summed E-state index contributed by atoms with van der Waals surface area (Å²) in [6.45, 7) is -3.97. The average molecular weight is 1580 g/mol. The van der Waals surface area contributed by atoms with Crippen molar-refractivity contribution in [1.29, 1.82) is 0 Å². The number of nitrogens with two attached hydrogens (primary N) is 8. The van der Waals surface area contributed by atoms with E-state index in [9.17, 15) is 81.7 Å². The molecule has 96 heavy (non-hydrogen) atoms. The molecule has 0 aromatic heterocycles. The molecule has 0 unspecified atom stereocenters. The van der Waals surface area contributed by atoms with Gasteiger partial charge in [-0.2, -0.15) is 0 Å². The van der Waals surface area contributed by atoms with Crippen molar-refractivity contribution in [2.45, 2.75) is 246 Å². The summed E-state index contributed by atoms with van der Waals surface area (Å²) < 4.78 is 94.5. The van der Waals surface area contributed by atoms with Crippen LogP contribution in [0.4, 0.5) is 0 Å². The summed E-state index contributed by atoms with van der Waals surface area (Å²) >= 11 is 0. The van der Waals surface area contributed by atoms with Gasteiger partial charge in [0.25, 0.3) is 0 Å². The Bertz CT molecular complexity index is 1770. The summed E-state index contributed by atoms with van der Waals surface area (Å²) in [5, 5.41) is 184. The molecular formula is C48H96Cl8N8O32. The molecule has 40 nitrogen and oxygen atoms in total. The van der Waals surface area contributed by atoms with E-state index >= 15 is 0 Å². The molecule has 576 valence electrons. The lowest BCUT2D eigenvalue weighted by atomic mass is 9.94. The van der Waals surface area contributed by atoms with Gasteiger partial charge in [-0.3, -0.25) is 0 Å². The van der Waals surface area contributed by atoms with Crippen molar-refractivity contribution in [3.8, 4) is 0 Å². The highest BCUT2D eigenvalue weighted by Crippen LogP contribution is 2.39. The second-order valence-corrected chi connectivity index (χ2v) is 22.9. The van der Waals surface area contributed by atoms with Crippen LogP contribution in [0, 0.1) is 0 Å². The fourth-order valence-corrected chi connectivity index (χ4v) is 12.2. The lowest BCUT2D eigenvalue weighted by molar-refractivity contribution is -0.398. The molecule has 0 aromatic carbocycles. The van der Waals surface area contributed by atoms with E-state index in [1.807, 2.05) is 0 Å². The average Bonchev–Trinajstić information content (AvgIpc) is 0.780. The lowest BCUT2D eigenvalue weighted by Gasteiger charge is -2.51. The summed E-state index contributed by atoms with van der Waals surface area (Å²) in [4.78, 5) is 0. The molecule has 30 rings (SSSR count). The molecule has 32 N–H and O–H groups in total. The van der Waals surface area contributed by atoms with E-state index in [-0.39, 0.29) is 99.3 Å². The number of ether oxygens (including phenoxy) is 16. The predicted molar refractivity (Wildman–Crippen MR) is 335 cm³/mol. The van der Waals surface area contributed by atoms with Crippen LogP contribution in [0.2, 0.25) is 0 Å². The van der Waals surface area contributed by atoms with E-state index in [4.69, 9.17) is 122 Å². The standard InChI is InChI=1S/C48H88N8O32.8ClH/c49-1-9-33-17(57)25(65)41(73-9)82-34-10(2-50)75-43(27(67)19(34)59)84-36-12(4-52)77-45(29(69)21(36)61)86-38-14(6-54)79-47(31(71)23(38)63)88-40-16(8-56)80-48(32(72)24(40)64)87-39-15(7-55)78-46(30(70)22(39)62)85-37-13(5-53)76-44(28(68)20(37)60)83-35-11(3-51)74-42(81-33)26(66)18(35)58;;;;;;;;/h9-48,57-72H,1-8,49-56H2;8*1H/t9-,10-,11-,12-,13-,14-,15-,16-,17-,18-,19-,20-,21-,22-,23-,24-,25-,26-,27-,28-,29-,30-,31-,32-,33-,34-,35-,36-,37-,38-,39-,40-,41-,42-,43-,44-,45-,46-,47-,48-;;;;;;;;/m1......../s1. The van der Waals surface area contributed by atoms with Gasteiger partial charge in [-0.25, -0.2) is 0 Å². The monoisotopic (exact) mass is 1580 g/mol. The van der Waals surface area contributed by atoms with Gasteiger partial charge < -0.3 is 203 Å². The van der Waals surface area contributed by atoms with Crippen molar-refractivity contribution in [2.75, 3.05) is 52.4 Å². The normalized spacial score (nSPS) is 50.8. The molecule has 0 aromatic rings. The molecule has 30 heterocycles. The quantitative estimate of drug-likeness (QED) is 0.107. The Hall–Kier alpha value is 0.720. The van der Waals surface area contributed by atoms with Crippen LogP contribution >= 0.6 is 99.3 Å². The van der Waals surface area contributed by atoms with E-state index in [1.54, 1.807) is 0 Å².